The molecule has 0 aliphatic heterocycles. The average Bonchev–Trinajstić information content (AvgIpc) is 2.15. The molecule has 0 radical (unpaired) electrons. The van der Waals surface area contributed by atoms with Crippen molar-refractivity contribution in [3.63, 3.8) is 0 Å². The second kappa shape index (κ2) is 2.53. The largest absolute Gasteiger partial charge is 0.446 e. The number of amides is 1. The Bertz CT molecular complexity index is 134. The van der Waals surface area contributed by atoms with Crippen LogP contribution in [0, 0.1) is 0 Å². The van der Waals surface area contributed by atoms with Crippen LogP contribution in [0.25, 0.3) is 0 Å². The molecule has 3 nitrogen and oxygen atoms in total. The summed E-state index contributed by atoms with van der Waals surface area (Å²) in [7, 11) is 0. The molecule has 0 aromatic rings. The van der Waals surface area contributed by atoms with Crippen molar-refractivity contribution in [1.29, 1.82) is 0 Å². The second-order valence-electron chi connectivity index (χ2n) is 2.00. The molecule has 0 bridgehead atoms. The summed E-state index contributed by atoms with van der Waals surface area (Å²) in [5.41, 5.74) is 4.78. The van der Waals surface area contributed by atoms with Crippen LogP contribution in [0.1, 0.15) is 12.8 Å². The van der Waals surface area contributed by atoms with Crippen LogP contribution in [-0.2, 0) is 4.74 Å². The van der Waals surface area contributed by atoms with Crippen LogP contribution in [0.4, 0.5) is 4.79 Å². The molecule has 0 fully saturated rings. The number of rotatable bonds is 1. The lowest BCUT2D eigenvalue weighted by molar-refractivity contribution is 0.113. The van der Waals surface area contributed by atoms with Crippen LogP contribution >= 0.6 is 0 Å². The third-order valence-electron chi connectivity index (χ3n) is 1.25. The highest BCUT2D eigenvalue weighted by Crippen LogP contribution is 2.12. The maximum atomic E-state index is 10.1. The van der Waals surface area contributed by atoms with Crippen LogP contribution in [0.3, 0.4) is 0 Å². The van der Waals surface area contributed by atoms with E-state index in [0.29, 0.717) is 0 Å². The maximum Gasteiger partial charge on any atom is 0.404 e. The number of carbonyl (C=O) groups excluding carboxylic acids is 1. The molecule has 2 N–H and O–H groups in total. The number of ether oxygens (including phenoxy) is 1. The topological polar surface area (TPSA) is 52.3 Å². The SMILES string of the molecule is NC(=O)OC1CC=CC1. The zero-order valence-electron chi connectivity index (χ0n) is 5.04. The smallest absolute Gasteiger partial charge is 0.404 e. The minimum Gasteiger partial charge on any atom is -0.446 e. The maximum absolute atomic E-state index is 10.1. The highest BCUT2D eigenvalue weighted by molar-refractivity contribution is 5.64. The molecule has 0 saturated carbocycles. The summed E-state index contributed by atoms with van der Waals surface area (Å²) in [4.78, 5) is 10.1. The minimum absolute atomic E-state index is 0.00231. The Kier molecular flexibility index (Phi) is 1.72. The van der Waals surface area contributed by atoms with Crippen LogP contribution < -0.4 is 5.73 Å². The van der Waals surface area contributed by atoms with Crippen molar-refractivity contribution in [2.24, 2.45) is 5.73 Å². The third kappa shape index (κ3) is 1.76. The molecule has 0 unspecified atom stereocenters. The van der Waals surface area contributed by atoms with Gasteiger partial charge in [-0.2, -0.15) is 0 Å². The summed E-state index contributed by atoms with van der Waals surface area (Å²) in [6.07, 6.45) is 4.90. The lowest BCUT2D eigenvalue weighted by atomic mass is 10.3. The first-order valence-electron chi connectivity index (χ1n) is 2.90. The second-order valence-corrected chi connectivity index (χ2v) is 2.00. The van der Waals surface area contributed by atoms with Crippen molar-refractivity contribution in [1.82, 2.24) is 0 Å². The zero-order chi connectivity index (χ0) is 6.69. The van der Waals surface area contributed by atoms with Gasteiger partial charge in [0.15, 0.2) is 0 Å². The number of hydrogen-bond acceptors (Lipinski definition) is 2. The molecule has 3 heteroatoms. The fourth-order valence-corrected chi connectivity index (χ4v) is 0.853. The lowest BCUT2D eigenvalue weighted by Crippen LogP contribution is -2.20. The quantitative estimate of drug-likeness (QED) is 0.529. The Labute approximate surface area is 53.5 Å². The third-order valence-corrected chi connectivity index (χ3v) is 1.25. The summed E-state index contributed by atoms with van der Waals surface area (Å²) in [6, 6.07) is 0. The van der Waals surface area contributed by atoms with Crippen LogP contribution in [-0.4, -0.2) is 12.2 Å². The van der Waals surface area contributed by atoms with E-state index >= 15 is 0 Å². The highest BCUT2D eigenvalue weighted by atomic mass is 16.6. The van der Waals surface area contributed by atoms with Gasteiger partial charge in [-0.05, 0) is 0 Å². The summed E-state index contributed by atoms with van der Waals surface area (Å²) in [5, 5.41) is 0. The molecule has 0 atom stereocenters. The molecule has 0 spiro atoms. The van der Waals surface area contributed by atoms with Gasteiger partial charge in [0.2, 0.25) is 0 Å². The van der Waals surface area contributed by atoms with E-state index in [-0.39, 0.29) is 6.10 Å². The Morgan fingerprint density at radius 2 is 2.11 bits per heavy atom. The van der Waals surface area contributed by atoms with Gasteiger partial charge in [0.1, 0.15) is 6.10 Å². The lowest BCUT2D eigenvalue weighted by Gasteiger charge is -2.06. The fourth-order valence-electron chi connectivity index (χ4n) is 0.853. The standard InChI is InChI=1S/C6H9NO2/c7-6(8)9-5-3-1-2-4-5/h1-2,5H,3-4H2,(H2,7,8). The molecular weight excluding hydrogens is 118 g/mol. The summed E-state index contributed by atoms with van der Waals surface area (Å²) in [5.74, 6) is 0. The van der Waals surface area contributed by atoms with E-state index in [1.807, 2.05) is 12.2 Å². The van der Waals surface area contributed by atoms with E-state index in [0.717, 1.165) is 12.8 Å². The van der Waals surface area contributed by atoms with Gasteiger partial charge in [0.05, 0.1) is 0 Å². The molecule has 50 valence electrons. The van der Waals surface area contributed by atoms with E-state index < -0.39 is 6.09 Å². The molecule has 1 rings (SSSR count). The fraction of sp³-hybridized carbons (Fsp3) is 0.500. The summed E-state index contributed by atoms with van der Waals surface area (Å²) >= 11 is 0. The molecule has 0 aromatic carbocycles. The molecule has 1 amide bonds. The van der Waals surface area contributed by atoms with Gasteiger partial charge in [0, 0.05) is 12.8 Å². The number of hydrogen-bond donors (Lipinski definition) is 1. The highest BCUT2D eigenvalue weighted by Gasteiger charge is 2.12. The van der Waals surface area contributed by atoms with Crippen LogP contribution in [0.15, 0.2) is 12.2 Å². The molecule has 1 aliphatic rings. The number of nitrogens with two attached hydrogens (primary N) is 1. The van der Waals surface area contributed by atoms with E-state index in [2.05, 4.69) is 4.74 Å². The van der Waals surface area contributed by atoms with Crippen LogP contribution in [0.2, 0.25) is 0 Å². The Hall–Kier alpha value is -0.990. The van der Waals surface area contributed by atoms with Gasteiger partial charge in [0.25, 0.3) is 0 Å². The normalized spacial score (nSPS) is 18.2. The van der Waals surface area contributed by atoms with Crippen molar-refractivity contribution in [2.75, 3.05) is 0 Å². The Balaban J connectivity index is 2.22. The van der Waals surface area contributed by atoms with Crippen LogP contribution in [0.5, 0.6) is 0 Å². The predicted molar refractivity (Wildman–Crippen MR) is 32.8 cm³/mol. The van der Waals surface area contributed by atoms with Gasteiger partial charge in [-0.1, -0.05) is 12.2 Å². The Morgan fingerprint density at radius 3 is 2.56 bits per heavy atom. The predicted octanol–water partition coefficient (Wildman–Crippen LogP) is 0.800. The first-order chi connectivity index (χ1) is 4.29. The van der Waals surface area contributed by atoms with E-state index in [4.69, 9.17) is 5.73 Å². The van der Waals surface area contributed by atoms with Gasteiger partial charge in [-0.15, -0.1) is 0 Å². The minimum atomic E-state index is -0.677. The van der Waals surface area contributed by atoms with E-state index in [1.165, 1.54) is 0 Å². The molecule has 1 aliphatic carbocycles. The first-order valence-corrected chi connectivity index (χ1v) is 2.90. The van der Waals surface area contributed by atoms with Crippen molar-refractivity contribution in [2.45, 2.75) is 18.9 Å². The van der Waals surface area contributed by atoms with Crippen molar-refractivity contribution in [3.05, 3.63) is 12.2 Å². The Morgan fingerprint density at radius 1 is 1.56 bits per heavy atom. The molecule has 0 saturated heterocycles. The van der Waals surface area contributed by atoms with Gasteiger partial charge < -0.3 is 10.5 Å². The van der Waals surface area contributed by atoms with Gasteiger partial charge in [-0.3, -0.25) is 0 Å². The van der Waals surface area contributed by atoms with Crippen molar-refractivity contribution >= 4 is 6.09 Å². The average molecular weight is 127 g/mol. The zero-order valence-corrected chi connectivity index (χ0v) is 5.04. The molecular formula is C6H9NO2. The van der Waals surface area contributed by atoms with E-state index in [1.54, 1.807) is 0 Å². The molecule has 9 heavy (non-hydrogen) atoms. The molecule has 0 heterocycles. The van der Waals surface area contributed by atoms with Crippen molar-refractivity contribution < 1.29 is 9.53 Å². The van der Waals surface area contributed by atoms with Crippen molar-refractivity contribution in [3.8, 4) is 0 Å². The monoisotopic (exact) mass is 127 g/mol. The summed E-state index contributed by atoms with van der Waals surface area (Å²) in [6.45, 7) is 0. The van der Waals surface area contributed by atoms with E-state index in [9.17, 15) is 4.79 Å². The number of carbonyl (C=O) groups is 1. The number of primary amides is 1. The van der Waals surface area contributed by atoms with Gasteiger partial charge >= 0.3 is 6.09 Å². The van der Waals surface area contributed by atoms with Gasteiger partial charge in [-0.25, -0.2) is 4.79 Å². The first kappa shape index (κ1) is 6.13. The molecule has 0 aromatic heterocycles. The summed E-state index contributed by atoms with van der Waals surface area (Å²) < 4.78 is 4.69.